The average Bonchev–Trinajstić information content (AvgIpc) is 2.86. The first kappa shape index (κ1) is 15.1. The second-order valence-electron chi connectivity index (χ2n) is 6.17. The Hall–Kier alpha value is -1.85. The summed E-state index contributed by atoms with van der Waals surface area (Å²) in [6.07, 6.45) is 0.977. The fraction of sp³-hybridized carbons (Fsp3) is 0.471. The van der Waals surface area contributed by atoms with E-state index in [0.29, 0.717) is 38.2 Å². The van der Waals surface area contributed by atoms with E-state index in [1.807, 2.05) is 43.3 Å². The molecule has 0 saturated carbocycles. The van der Waals surface area contributed by atoms with Crippen LogP contribution in [0.5, 0.6) is 0 Å². The summed E-state index contributed by atoms with van der Waals surface area (Å²) in [6, 6.07) is 7.76. The van der Waals surface area contributed by atoms with Crippen molar-refractivity contribution < 1.29 is 14.3 Å². The summed E-state index contributed by atoms with van der Waals surface area (Å²) in [5.41, 5.74) is 1.69. The molecule has 5 heteroatoms. The molecule has 0 unspecified atom stereocenters. The van der Waals surface area contributed by atoms with Crippen LogP contribution in [0.1, 0.15) is 29.0 Å². The second kappa shape index (κ2) is 6.10. The van der Waals surface area contributed by atoms with Crippen molar-refractivity contribution in [2.45, 2.75) is 25.5 Å². The molecule has 1 aromatic carbocycles. The lowest BCUT2D eigenvalue weighted by Crippen LogP contribution is -2.40. The van der Waals surface area contributed by atoms with Crippen LogP contribution >= 0.6 is 0 Å². The molecule has 1 saturated heterocycles. The Morgan fingerprint density at radius 3 is 2.68 bits per heavy atom. The van der Waals surface area contributed by atoms with Crippen LogP contribution in [0.2, 0.25) is 0 Å². The van der Waals surface area contributed by atoms with Gasteiger partial charge < -0.3 is 19.3 Å². The second-order valence-corrected chi connectivity index (χ2v) is 6.17. The molecule has 0 spiro atoms. The number of likely N-dealkylation sites (tertiary alicyclic amines) is 1. The lowest BCUT2D eigenvalue weighted by atomic mass is 10.1. The summed E-state index contributed by atoms with van der Waals surface area (Å²) in [5, 5.41) is 10.6. The number of furan rings is 1. The Morgan fingerprint density at radius 2 is 2.00 bits per heavy atom. The molecule has 1 amide bonds. The van der Waals surface area contributed by atoms with Crippen LogP contribution in [0.15, 0.2) is 28.7 Å². The number of aliphatic hydroxyl groups excluding tert-OH is 1. The lowest BCUT2D eigenvalue weighted by molar-refractivity contribution is 0.0520. The van der Waals surface area contributed by atoms with Gasteiger partial charge in [0.25, 0.3) is 5.91 Å². The number of carbonyl (C=O) groups excluding carboxylic acids is 1. The summed E-state index contributed by atoms with van der Waals surface area (Å²) < 4.78 is 5.86. The predicted octanol–water partition coefficient (Wildman–Crippen LogP) is 2.09. The molecule has 1 aromatic heterocycles. The number of hydrogen-bond donors (Lipinski definition) is 1. The minimum atomic E-state index is -0.291. The molecule has 0 atom stereocenters. The molecule has 1 aliphatic heterocycles. The molecule has 2 heterocycles. The number of hydrogen-bond acceptors (Lipinski definition) is 4. The number of para-hydroxylation sites is 1. The van der Waals surface area contributed by atoms with Crippen LogP contribution in [0.4, 0.5) is 0 Å². The third-order valence-corrected chi connectivity index (χ3v) is 4.12. The Balaban J connectivity index is 1.96. The van der Waals surface area contributed by atoms with E-state index in [4.69, 9.17) is 4.42 Å². The number of rotatable bonds is 3. The summed E-state index contributed by atoms with van der Waals surface area (Å²) >= 11 is 0. The van der Waals surface area contributed by atoms with E-state index in [-0.39, 0.29) is 12.0 Å². The van der Waals surface area contributed by atoms with Crippen molar-refractivity contribution >= 4 is 16.9 Å². The van der Waals surface area contributed by atoms with Crippen molar-refractivity contribution in [3.8, 4) is 0 Å². The first-order chi connectivity index (χ1) is 10.6. The zero-order valence-electron chi connectivity index (χ0n) is 13.1. The molecule has 3 rings (SSSR count). The first-order valence-corrected chi connectivity index (χ1v) is 7.68. The van der Waals surface area contributed by atoms with Crippen LogP contribution in [0, 0.1) is 0 Å². The number of carbonyl (C=O) groups is 1. The van der Waals surface area contributed by atoms with Crippen LogP contribution < -0.4 is 0 Å². The molecule has 22 heavy (non-hydrogen) atoms. The topological polar surface area (TPSA) is 56.9 Å². The standard InChI is InChI=1S/C17H22N2O3/c1-18(2)11-14-13-5-3-4-6-15(13)22-16(14)17(21)19-9-7-12(20)8-10-19/h3-6,12,20H,7-11H2,1-2H3. The molecule has 0 radical (unpaired) electrons. The van der Waals surface area contributed by atoms with Gasteiger partial charge in [-0.2, -0.15) is 0 Å². The van der Waals surface area contributed by atoms with Gasteiger partial charge in [-0.3, -0.25) is 4.79 Å². The van der Waals surface area contributed by atoms with Crippen molar-refractivity contribution in [3.63, 3.8) is 0 Å². The lowest BCUT2D eigenvalue weighted by Gasteiger charge is -2.29. The SMILES string of the molecule is CN(C)Cc1c(C(=O)N2CCC(O)CC2)oc2ccccc12. The molecule has 2 aromatic rings. The summed E-state index contributed by atoms with van der Waals surface area (Å²) in [5.74, 6) is 0.367. The van der Waals surface area contributed by atoms with Gasteiger partial charge in [0.15, 0.2) is 5.76 Å². The van der Waals surface area contributed by atoms with Gasteiger partial charge in [0.2, 0.25) is 0 Å². The van der Waals surface area contributed by atoms with E-state index in [0.717, 1.165) is 16.5 Å². The fourth-order valence-electron chi connectivity index (χ4n) is 2.96. The number of amides is 1. The highest BCUT2D eigenvalue weighted by Gasteiger charge is 2.28. The predicted molar refractivity (Wildman–Crippen MR) is 84.7 cm³/mol. The van der Waals surface area contributed by atoms with Crippen LogP contribution in [-0.2, 0) is 6.54 Å². The number of fused-ring (bicyclic) bond motifs is 1. The largest absolute Gasteiger partial charge is 0.451 e. The van der Waals surface area contributed by atoms with E-state index in [2.05, 4.69) is 0 Å². The van der Waals surface area contributed by atoms with Gasteiger partial charge in [-0.05, 0) is 33.0 Å². The van der Waals surface area contributed by atoms with E-state index in [1.165, 1.54) is 0 Å². The van der Waals surface area contributed by atoms with E-state index in [9.17, 15) is 9.90 Å². The summed E-state index contributed by atoms with van der Waals surface area (Å²) in [6.45, 7) is 1.82. The van der Waals surface area contributed by atoms with E-state index < -0.39 is 0 Å². The van der Waals surface area contributed by atoms with Gasteiger partial charge in [-0.15, -0.1) is 0 Å². The van der Waals surface area contributed by atoms with Gasteiger partial charge in [0, 0.05) is 30.6 Å². The highest BCUT2D eigenvalue weighted by molar-refractivity contribution is 5.99. The molecule has 5 nitrogen and oxygen atoms in total. The molecule has 0 bridgehead atoms. The number of piperidine rings is 1. The molecule has 1 aliphatic rings. The zero-order valence-corrected chi connectivity index (χ0v) is 13.1. The van der Waals surface area contributed by atoms with E-state index >= 15 is 0 Å². The highest BCUT2D eigenvalue weighted by Crippen LogP contribution is 2.28. The smallest absolute Gasteiger partial charge is 0.289 e. The minimum absolute atomic E-state index is 0.0695. The van der Waals surface area contributed by atoms with Crippen LogP contribution in [-0.4, -0.2) is 54.1 Å². The van der Waals surface area contributed by atoms with Gasteiger partial charge >= 0.3 is 0 Å². The molecule has 118 valence electrons. The average molecular weight is 302 g/mol. The van der Waals surface area contributed by atoms with E-state index in [1.54, 1.807) is 4.90 Å². The number of nitrogens with zero attached hydrogens (tertiary/aromatic N) is 2. The van der Waals surface area contributed by atoms with Crippen molar-refractivity contribution in [1.29, 1.82) is 0 Å². The highest BCUT2D eigenvalue weighted by atomic mass is 16.3. The normalized spacial score (nSPS) is 16.6. The minimum Gasteiger partial charge on any atom is -0.451 e. The number of aliphatic hydroxyl groups is 1. The fourth-order valence-corrected chi connectivity index (χ4v) is 2.96. The Labute approximate surface area is 130 Å². The Morgan fingerprint density at radius 1 is 1.32 bits per heavy atom. The maximum Gasteiger partial charge on any atom is 0.289 e. The van der Waals surface area contributed by atoms with Crippen molar-refractivity contribution in [2.75, 3.05) is 27.2 Å². The number of benzene rings is 1. The molecule has 0 aliphatic carbocycles. The van der Waals surface area contributed by atoms with Gasteiger partial charge in [0.05, 0.1) is 6.10 Å². The molecule has 1 N–H and O–H groups in total. The van der Waals surface area contributed by atoms with Gasteiger partial charge in [-0.1, -0.05) is 18.2 Å². The third-order valence-electron chi connectivity index (χ3n) is 4.12. The van der Waals surface area contributed by atoms with Gasteiger partial charge in [0.1, 0.15) is 5.58 Å². The van der Waals surface area contributed by atoms with Crippen LogP contribution in [0.25, 0.3) is 11.0 Å². The van der Waals surface area contributed by atoms with Gasteiger partial charge in [-0.25, -0.2) is 0 Å². The van der Waals surface area contributed by atoms with Crippen molar-refractivity contribution in [1.82, 2.24) is 9.80 Å². The monoisotopic (exact) mass is 302 g/mol. The molecular weight excluding hydrogens is 280 g/mol. The first-order valence-electron chi connectivity index (χ1n) is 7.68. The quantitative estimate of drug-likeness (QED) is 0.943. The third kappa shape index (κ3) is 2.87. The molecule has 1 fully saturated rings. The van der Waals surface area contributed by atoms with Crippen molar-refractivity contribution in [3.05, 3.63) is 35.6 Å². The van der Waals surface area contributed by atoms with Crippen LogP contribution in [0.3, 0.4) is 0 Å². The summed E-state index contributed by atoms with van der Waals surface area (Å²) in [4.78, 5) is 16.6. The Bertz CT molecular complexity index is 670. The maximum absolute atomic E-state index is 12.8. The summed E-state index contributed by atoms with van der Waals surface area (Å²) in [7, 11) is 3.96. The zero-order chi connectivity index (χ0) is 15.7. The van der Waals surface area contributed by atoms with Crippen molar-refractivity contribution in [2.24, 2.45) is 0 Å². The molecular formula is C17H22N2O3. The Kier molecular flexibility index (Phi) is 4.18. The maximum atomic E-state index is 12.8.